The zero-order valence-electron chi connectivity index (χ0n) is 14.9. The van der Waals surface area contributed by atoms with E-state index in [1.807, 2.05) is 67.2 Å². The lowest BCUT2D eigenvalue weighted by atomic mass is 10.0. The first-order valence-corrected chi connectivity index (χ1v) is 9.26. The first-order valence-electron chi connectivity index (χ1n) is 8.18. The lowest BCUT2D eigenvalue weighted by Gasteiger charge is -2.20. The summed E-state index contributed by atoms with van der Waals surface area (Å²) in [4.78, 5) is 17.4. The van der Waals surface area contributed by atoms with Gasteiger partial charge in [-0.15, -0.1) is 0 Å². The molecule has 2 aromatic carbocycles. The fraction of sp³-hybridized carbons (Fsp3) is 0.200. The summed E-state index contributed by atoms with van der Waals surface area (Å²) in [5, 5.41) is 3.13. The number of rotatable bonds is 5. The van der Waals surface area contributed by atoms with Crippen molar-refractivity contribution in [3.63, 3.8) is 0 Å². The molecule has 26 heavy (non-hydrogen) atoms. The first kappa shape index (κ1) is 18.4. The van der Waals surface area contributed by atoms with Gasteiger partial charge in [0.25, 0.3) is 5.91 Å². The molecule has 0 bridgehead atoms. The average Bonchev–Trinajstić information content (AvgIpc) is 3.07. The Morgan fingerprint density at radius 2 is 2.04 bits per heavy atom. The van der Waals surface area contributed by atoms with E-state index in [2.05, 4.69) is 32.9 Å². The molecule has 3 rings (SSSR count). The topological polar surface area (TPSA) is 56.1 Å². The second-order valence-electron chi connectivity index (χ2n) is 6.02. The van der Waals surface area contributed by atoms with Gasteiger partial charge in [-0.05, 0) is 58.8 Å². The number of imidazole rings is 1. The summed E-state index contributed by atoms with van der Waals surface area (Å²) >= 11 is 2.21. The van der Waals surface area contributed by atoms with E-state index < -0.39 is 0 Å². The smallest absolute Gasteiger partial charge is 0.253 e. The molecular weight excluding hydrogens is 441 g/mol. The first-order chi connectivity index (χ1) is 12.5. The van der Waals surface area contributed by atoms with Gasteiger partial charge >= 0.3 is 0 Å². The quantitative estimate of drug-likeness (QED) is 0.588. The van der Waals surface area contributed by atoms with Crippen molar-refractivity contribution in [1.29, 1.82) is 0 Å². The van der Waals surface area contributed by atoms with E-state index in [0.717, 1.165) is 26.3 Å². The Kier molecular flexibility index (Phi) is 5.61. The molecule has 0 spiro atoms. The number of aromatic nitrogens is 2. The predicted molar refractivity (Wildman–Crippen MR) is 109 cm³/mol. The minimum atomic E-state index is -0.381. The second kappa shape index (κ2) is 7.90. The number of carbonyl (C=O) groups excluding carboxylic acids is 1. The summed E-state index contributed by atoms with van der Waals surface area (Å²) in [6.45, 7) is 2.00. The van der Waals surface area contributed by atoms with Crippen molar-refractivity contribution in [3.8, 4) is 5.75 Å². The van der Waals surface area contributed by atoms with Crippen LogP contribution in [0.25, 0.3) is 0 Å². The van der Waals surface area contributed by atoms with Gasteiger partial charge in [0, 0.05) is 23.0 Å². The number of hydrogen-bond acceptors (Lipinski definition) is 3. The standard InChI is InChI=1S/C20H20IN3O2/c1-13-6-4-9-16(17(13)21)20(25)23-18(19-22-10-11-24(19)2)14-7-5-8-15(12-14)26-3/h4-12,18H,1-3H3,(H,23,25). The number of benzene rings is 2. The van der Waals surface area contributed by atoms with Gasteiger partial charge in [0.05, 0.1) is 12.7 Å². The van der Waals surface area contributed by atoms with Crippen molar-refractivity contribution < 1.29 is 9.53 Å². The molecule has 0 aliphatic heterocycles. The number of methoxy groups -OCH3 is 1. The van der Waals surface area contributed by atoms with E-state index in [1.54, 1.807) is 13.3 Å². The van der Waals surface area contributed by atoms with Crippen LogP contribution in [-0.4, -0.2) is 22.6 Å². The van der Waals surface area contributed by atoms with Crippen molar-refractivity contribution >= 4 is 28.5 Å². The number of carbonyl (C=O) groups is 1. The fourth-order valence-corrected chi connectivity index (χ4v) is 3.41. The molecule has 1 amide bonds. The van der Waals surface area contributed by atoms with E-state index >= 15 is 0 Å². The summed E-state index contributed by atoms with van der Waals surface area (Å²) < 4.78 is 8.20. The lowest BCUT2D eigenvalue weighted by molar-refractivity contribution is 0.0940. The molecule has 3 aromatic rings. The Morgan fingerprint density at radius 3 is 2.73 bits per heavy atom. The monoisotopic (exact) mass is 461 g/mol. The van der Waals surface area contributed by atoms with Crippen LogP contribution in [0.4, 0.5) is 0 Å². The normalized spacial score (nSPS) is 11.8. The maximum Gasteiger partial charge on any atom is 0.253 e. The molecule has 6 heteroatoms. The van der Waals surface area contributed by atoms with Gasteiger partial charge < -0.3 is 14.6 Å². The fourth-order valence-electron chi connectivity index (χ4n) is 2.80. The van der Waals surface area contributed by atoms with Gasteiger partial charge in [0.1, 0.15) is 17.6 Å². The SMILES string of the molecule is COc1cccc(C(NC(=O)c2cccc(C)c2I)c2nccn2C)c1. The Bertz CT molecular complexity index is 936. The van der Waals surface area contributed by atoms with Crippen LogP contribution in [0.15, 0.2) is 54.9 Å². The molecule has 0 saturated heterocycles. The zero-order chi connectivity index (χ0) is 18.7. The molecular formula is C20H20IN3O2. The van der Waals surface area contributed by atoms with Crippen LogP contribution in [-0.2, 0) is 7.05 Å². The van der Waals surface area contributed by atoms with Gasteiger partial charge in [-0.2, -0.15) is 0 Å². The summed E-state index contributed by atoms with van der Waals surface area (Å²) in [5.74, 6) is 1.37. The number of amides is 1. The van der Waals surface area contributed by atoms with Gasteiger partial charge in [0.15, 0.2) is 0 Å². The van der Waals surface area contributed by atoms with Gasteiger partial charge in [0.2, 0.25) is 0 Å². The van der Waals surface area contributed by atoms with Crippen molar-refractivity contribution in [2.75, 3.05) is 7.11 Å². The summed E-state index contributed by atoms with van der Waals surface area (Å²) in [6.07, 6.45) is 3.59. The third kappa shape index (κ3) is 3.75. The van der Waals surface area contributed by atoms with Crippen LogP contribution in [0.3, 0.4) is 0 Å². The number of ether oxygens (including phenoxy) is 1. The molecule has 0 radical (unpaired) electrons. The number of nitrogens with one attached hydrogen (secondary N) is 1. The van der Waals surface area contributed by atoms with Gasteiger partial charge in [-0.25, -0.2) is 4.98 Å². The molecule has 0 fully saturated rings. The van der Waals surface area contributed by atoms with Crippen molar-refractivity contribution in [2.45, 2.75) is 13.0 Å². The molecule has 1 aromatic heterocycles. The second-order valence-corrected chi connectivity index (χ2v) is 7.09. The predicted octanol–water partition coefficient (Wildman–Crippen LogP) is 3.86. The van der Waals surface area contributed by atoms with E-state index in [9.17, 15) is 4.79 Å². The highest BCUT2D eigenvalue weighted by molar-refractivity contribution is 14.1. The van der Waals surface area contributed by atoms with E-state index in [1.165, 1.54) is 0 Å². The van der Waals surface area contributed by atoms with Crippen LogP contribution in [0.1, 0.15) is 33.4 Å². The van der Waals surface area contributed by atoms with Gasteiger partial charge in [-0.3, -0.25) is 4.79 Å². The third-order valence-electron chi connectivity index (χ3n) is 4.26. The molecule has 0 saturated carbocycles. The lowest BCUT2D eigenvalue weighted by Crippen LogP contribution is -2.31. The minimum Gasteiger partial charge on any atom is -0.497 e. The molecule has 0 aliphatic carbocycles. The van der Waals surface area contributed by atoms with Gasteiger partial charge in [-0.1, -0.05) is 24.3 Å². The summed E-state index contributed by atoms with van der Waals surface area (Å²) in [5.41, 5.74) is 2.65. The number of hydrogen-bond donors (Lipinski definition) is 1. The highest BCUT2D eigenvalue weighted by Crippen LogP contribution is 2.25. The maximum absolute atomic E-state index is 13.0. The van der Waals surface area contributed by atoms with Crippen LogP contribution in [0.2, 0.25) is 0 Å². The van der Waals surface area contributed by atoms with Crippen LogP contribution in [0, 0.1) is 10.5 Å². The number of aryl methyl sites for hydroxylation is 2. The molecule has 134 valence electrons. The van der Waals surface area contributed by atoms with Crippen LogP contribution >= 0.6 is 22.6 Å². The highest BCUT2D eigenvalue weighted by Gasteiger charge is 2.23. The molecule has 1 heterocycles. The molecule has 0 aliphatic rings. The molecule has 1 atom stereocenters. The Morgan fingerprint density at radius 1 is 1.27 bits per heavy atom. The maximum atomic E-state index is 13.0. The Balaban J connectivity index is 2.00. The summed E-state index contributed by atoms with van der Waals surface area (Å²) in [7, 11) is 3.54. The summed E-state index contributed by atoms with van der Waals surface area (Å²) in [6, 6.07) is 13.0. The van der Waals surface area contributed by atoms with E-state index in [-0.39, 0.29) is 11.9 Å². The Hall–Kier alpha value is -2.35. The van der Waals surface area contributed by atoms with Crippen LogP contribution < -0.4 is 10.1 Å². The third-order valence-corrected chi connectivity index (χ3v) is 5.69. The largest absolute Gasteiger partial charge is 0.497 e. The molecule has 1 unspecified atom stereocenters. The van der Waals surface area contributed by atoms with E-state index in [4.69, 9.17) is 4.74 Å². The zero-order valence-corrected chi connectivity index (χ0v) is 17.0. The van der Waals surface area contributed by atoms with Crippen molar-refractivity contribution in [1.82, 2.24) is 14.9 Å². The van der Waals surface area contributed by atoms with Crippen molar-refractivity contribution in [3.05, 3.63) is 80.9 Å². The molecule has 1 N–H and O–H groups in total. The van der Waals surface area contributed by atoms with Crippen molar-refractivity contribution in [2.24, 2.45) is 7.05 Å². The number of nitrogens with zero attached hydrogens (tertiary/aromatic N) is 2. The van der Waals surface area contributed by atoms with Crippen LogP contribution in [0.5, 0.6) is 5.75 Å². The van der Waals surface area contributed by atoms with E-state index in [0.29, 0.717) is 5.56 Å². The minimum absolute atomic E-state index is 0.131. The highest BCUT2D eigenvalue weighted by atomic mass is 127. The number of halogens is 1. The average molecular weight is 461 g/mol. The molecule has 5 nitrogen and oxygen atoms in total. The Labute approximate surface area is 166 Å².